The first-order chi connectivity index (χ1) is 8.95. The maximum atomic E-state index is 12.0. The van der Waals surface area contributed by atoms with Gasteiger partial charge in [-0.05, 0) is 38.3 Å². The summed E-state index contributed by atoms with van der Waals surface area (Å²) in [5.41, 5.74) is 1.09. The van der Waals surface area contributed by atoms with Crippen LogP contribution in [-0.4, -0.2) is 22.2 Å². The van der Waals surface area contributed by atoms with Crippen molar-refractivity contribution >= 4 is 27.5 Å². The first-order valence-electron chi connectivity index (χ1n) is 6.07. The molecule has 0 heterocycles. The van der Waals surface area contributed by atoms with Gasteiger partial charge in [0.15, 0.2) is 0 Å². The van der Waals surface area contributed by atoms with Gasteiger partial charge in [0, 0.05) is 29.1 Å². The Kier molecular flexibility index (Phi) is 5.95. The minimum atomic E-state index is -0.465. The molecule has 0 fully saturated rings. The van der Waals surface area contributed by atoms with Crippen molar-refractivity contribution < 1.29 is 9.72 Å². The average Bonchev–Trinajstić information content (AvgIpc) is 2.35. The molecule has 0 aliphatic heterocycles. The maximum absolute atomic E-state index is 12.0. The van der Waals surface area contributed by atoms with Gasteiger partial charge in [-0.2, -0.15) is 0 Å². The molecule has 1 aromatic carbocycles. The van der Waals surface area contributed by atoms with Gasteiger partial charge in [0.2, 0.25) is 0 Å². The lowest BCUT2D eigenvalue weighted by Gasteiger charge is -2.14. The summed E-state index contributed by atoms with van der Waals surface area (Å²) >= 11 is 3.35. The quantitative estimate of drug-likeness (QED) is 0.495. The number of hydrogen-bond acceptors (Lipinski definition) is 3. The van der Waals surface area contributed by atoms with E-state index in [1.807, 2.05) is 6.92 Å². The molecule has 6 heteroatoms. The molecule has 0 aliphatic rings. The largest absolute Gasteiger partial charge is 0.350 e. The Balaban J connectivity index is 2.74. The van der Waals surface area contributed by atoms with Crippen molar-refractivity contribution in [3.05, 3.63) is 39.4 Å². The van der Waals surface area contributed by atoms with E-state index in [0.717, 1.165) is 18.2 Å². The molecule has 0 aliphatic carbocycles. The molecule has 104 valence electrons. The molecule has 1 aromatic rings. The number of carbonyl (C=O) groups excluding carboxylic acids is 1. The lowest BCUT2D eigenvalue weighted by atomic mass is 10.1. The average molecular weight is 329 g/mol. The van der Waals surface area contributed by atoms with Gasteiger partial charge in [0.25, 0.3) is 11.6 Å². The molecule has 1 N–H and O–H groups in total. The summed E-state index contributed by atoms with van der Waals surface area (Å²) in [4.78, 5) is 22.2. The van der Waals surface area contributed by atoms with Gasteiger partial charge in [-0.1, -0.05) is 15.9 Å². The Labute approximate surface area is 120 Å². The molecule has 0 saturated heterocycles. The highest BCUT2D eigenvalue weighted by atomic mass is 79.9. The number of nitrogens with zero attached hydrogens (tertiary/aromatic N) is 1. The van der Waals surface area contributed by atoms with Gasteiger partial charge in [-0.3, -0.25) is 14.9 Å². The molecule has 1 rings (SSSR count). The summed E-state index contributed by atoms with van der Waals surface area (Å²) in [5.74, 6) is -0.186. The van der Waals surface area contributed by atoms with E-state index < -0.39 is 4.92 Å². The number of nitro groups is 1. The van der Waals surface area contributed by atoms with Crippen molar-refractivity contribution in [3.8, 4) is 0 Å². The van der Waals surface area contributed by atoms with Crippen molar-refractivity contribution in [3.63, 3.8) is 0 Å². The number of nitro benzene ring substituents is 1. The molecule has 0 aromatic heterocycles. The predicted molar refractivity (Wildman–Crippen MR) is 77.8 cm³/mol. The number of carbonyl (C=O) groups is 1. The lowest BCUT2D eigenvalue weighted by molar-refractivity contribution is -0.384. The van der Waals surface area contributed by atoms with Crippen LogP contribution in [0.4, 0.5) is 5.69 Å². The molecular weight excluding hydrogens is 312 g/mol. The number of benzene rings is 1. The van der Waals surface area contributed by atoms with Crippen LogP contribution < -0.4 is 5.32 Å². The number of hydrogen-bond donors (Lipinski definition) is 1. The lowest BCUT2D eigenvalue weighted by Crippen LogP contribution is -2.33. The highest BCUT2D eigenvalue weighted by molar-refractivity contribution is 9.09. The van der Waals surface area contributed by atoms with Crippen LogP contribution in [0.3, 0.4) is 0 Å². The van der Waals surface area contributed by atoms with Crippen molar-refractivity contribution in [2.45, 2.75) is 32.7 Å². The monoisotopic (exact) mass is 328 g/mol. The Morgan fingerprint density at radius 3 is 2.74 bits per heavy atom. The van der Waals surface area contributed by atoms with E-state index in [4.69, 9.17) is 0 Å². The fraction of sp³-hybridized carbons (Fsp3) is 0.462. The number of rotatable bonds is 6. The molecule has 19 heavy (non-hydrogen) atoms. The maximum Gasteiger partial charge on any atom is 0.269 e. The zero-order valence-corrected chi connectivity index (χ0v) is 12.6. The standard InChI is InChI=1S/C13H17BrN2O3/c1-9-8-11(16(18)19)5-6-12(9)13(17)15-10(2)4-3-7-14/h5-6,8,10H,3-4,7H2,1-2H3,(H,15,17). The van der Waals surface area contributed by atoms with E-state index in [1.165, 1.54) is 18.2 Å². The Bertz CT molecular complexity index is 477. The van der Waals surface area contributed by atoms with Crippen molar-refractivity contribution in [1.82, 2.24) is 5.32 Å². The second kappa shape index (κ2) is 7.23. The number of nitrogens with one attached hydrogen (secondary N) is 1. The Morgan fingerprint density at radius 1 is 1.53 bits per heavy atom. The number of halogens is 1. The van der Waals surface area contributed by atoms with E-state index in [-0.39, 0.29) is 17.6 Å². The normalized spacial score (nSPS) is 11.9. The summed E-state index contributed by atoms with van der Waals surface area (Å²) in [5, 5.41) is 14.4. The van der Waals surface area contributed by atoms with Crippen molar-refractivity contribution in [2.75, 3.05) is 5.33 Å². The molecule has 0 spiro atoms. The summed E-state index contributed by atoms with van der Waals surface area (Å²) in [6, 6.07) is 4.35. The van der Waals surface area contributed by atoms with Gasteiger partial charge in [0.05, 0.1) is 4.92 Å². The molecule has 1 amide bonds. The summed E-state index contributed by atoms with van der Waals surface area (Å²) in [7, 11) is 0. The molecule has 5 nitrogen and oxygen atoms in total. The van der Waals surface area contributed by atoms with Crippen LogP contribution >= 0.6 is 15.9 Å². The van der Waals surface area contributed by atoms with Crippen LogP contribution in [0.1, 0.15) is 35.7 Å². The van der Waals surface area contributed by atoms with E-state index in [0.29, 0.717) is 11.1 Å². The number of amides is 1. The van der Waals surface area contributed by atoms with Crippen molar-refractivity contribution in [2.24, 2.45) is 0 Å². The third kappa shape index (κ3) is 4.63. The molecule has 1 unspecified atom stereocenters. The van der Waals surface area contributed by atoms with E-state index in [9.17, 15) is 14.9 Å². The van der Waals surface area contributed by atoms with E-state index in [2.05, 4.69) is 21.2 Å². The number of aryl methyl sites for hydroxylation is 1. The highest BCUT2D eigenvalue weighted by Gasteiger charge is 2.15. The molecule has 0 bridgehead atoms. The number of alkyl halides is 1. The second-order valence-corrected chi connectivity index (χ2v) is 5.26. The first kappa shape index (κ1) is 15.6. The summed E-state index contributed by atoms with van der Waals surface area (Å²) in [6.45, 7) is 3.65. The van der Waals surface area contributed by atoms with Crippen LogP contribution in [0, 0.1) is 17.0 Å². The van der Waals surface area contributed by atoms with E-state index in [1.54, 1.807) is 6.92 Å². The van der Waals surface area contributed by atoms with Gasteiger partial charge in [0.1, 0.15) is 0 Å². The highest BCUT2D eigenvalue weighted by Crippen LogP contribution is 2.17. The molecule has 0 saturated carbocycles. The summed E-state index contributed by atoms with van der Waals surface area (Å²) in [6.07, 6.45) is 1.88. The predicted octanol–water partition coefficient (Wildman–Crippen LogP) is 3.20. The zero-order valence-electron chi connectivity index (χ0n) is 11.0. The Hall–Kier alpha value is -1.43. The minimum absolute atomic E-state index is 0.00128. The summed E-state index contributed by atoms with van der Waals surface area (Å²) < 4.78 is 0. The molecule has 0 radical (unpaired) electrons. The fourth-order valence-electron chi connectivity index (χ4n) is 1.77. The van der Waals surface area contributed by atoms with E-state index >= 15 is 0 Å². The van der Waals surface area contributed by atoms with Gasteiger partial charge >= 0.3 is 0 Å². The SMILES string of the molecule is Cc1cc([N+](=O)[O-])ccc1C(=O)NC(C)CCCBr. The van der Waals surface area contributed by atoms with Crippen LogP contribution in [0.25, 0.3) is 0 Å². The molecule has 1 atom stereocenters. The zero-order chi connectivity index (χ0) is 14.4. The third-order valence-corrected chi connectivity index (χ3v) is 3.37. The number of non-ortho nitro benzene ring substituents is 1. The van der Waals surface area contributed by atoms with Crippen LogP contribution in [0.15, 0.2) is 18.2 Å². The molecular formula is C13H17BrN2O3. The van der Waals surface area contributed by atoms with Gasteiger partial charge in [-0.15, -0.1) is 0 Å². The fourth-order valence-corrected chi connectivity index (χ4v) is 2.10. The third-order valence-electron chi connectivity index (χ3n) is 2.81. The smallest absolute Gasteiger partial charge is 0.269 e. The van der Waals surface area contributed by atoms with Gasteiger partial charge in [-0.25, -0.2) is 0 Å². The topological polar surface area (TPSA) is 72.2 Å². The van der Waals surface area contributed by atoms with Crippen LogP contribution in [-0.2, 0) is 0 Å². The van der Waals surface area contributed by atoms with Crippen LogP contribution in [0.5, 0.6) is 0 Å². The second-order valence-electron chi connectivity index (χ2n) is 4.46. The van der Waals surface area contributed by atoms with Crippen molar-refractivity contribution in [1.29, 1.82) is 0 Å². The Morgan fingerprint density at radius 2 is 2.21 bits per heavy atom. The first-order valence-corrected chi connectivity index (χ1v) is 7.19. The minimum Gasteiger partial charge on any atom is -0.350 e. The van der Waals surface area contributed by atoms with Crippen LogP contribution in [0.2, 0.25) is 0 Å². The van der Waals surface area contributed by atoms with Gasteiger partial charge < -0.3 is 5.32 Å².